The van der Waals surface area contributed by atoms with Crippen molar-refractivity contribution in [3.8, 4) is 11.5 Å². The number of aromatic hydroxyl groups is 1. The molecule has 0 saturated carbocycles. The quantitative estimate of drug-likeness (QED) is 0.308. The van der Waals surface area contributed by atoms with Gasteiger partial charge < -0.3 is 20.3 Å². The Kier molecular flexibility index (Phi) is 7.38. The van der Waals surface area contributed by atoms with E-state index in [-0.39, 0.29) is 21.7 Å². The fourth-order valence-corrected chi connectivity index (χ4v) is 4.82. The number of aliphatic hydroxyl groups excluding tert-OH is 1. The molecule has 2 aliphatic rings. The van der Waals surface area contributed by atoms with E-state index in [0.29, 0.717) is 34.8 Å². The number of unbranched alkanes of at least 4 members (excludes halogenated alkanes) is 1. The van der Waals surface area contributed by atoms with Gasteiger partial charge in [0, 0.05) is 34.9 Å². The number of aliphatic hydroxyl groups is 1. The molecule has 1 unspecified atom stereocenters. The number of fused-ring (bicyclic) bond motifs is 2. The summed E-state index contributed by atoms with van der Waals surface area (Å²) in [6.07, 6.45) is 5.08. The highest BCUT2D eigenvalue weighted by atomic mass is 35.5. The van der Waals surface area contributed by atoms with Crippen molar-refractivity contribution in [2.75, 3.05) is 6.54 Å². The minimum Gasteiger partial charge on any atom is -0.506 e. The van der Waals surface area contributed by atoms with E-state index in [4.69, 9.17) is 27.9 Å². The molecule has 3 N–H and O–H groups in total. The average molecular weight is 534 g/mol. The summed E-state index contributed by atoms with van der Waals surface area (Å²) >= 11 is 12.5. The zero-order valence-electron chi connectivity index (χ0n) is 19.9. The van der Waals surface area contributed by atoms with Crippen molar-refractivity contribution in [2.24, 2.45) is 0 Å². The van der Waals surface area contributed by atoms with Crippen molar-refractivity contribution < 1.29 is 19.7 Å². The van der Waals surface area contributed by atoms with Gasteiger partial charge in [0.25, 0.3) is 5.91 Å². The predicted molar refractivity (Wildman–Crippen MR) is 146 cm³/mol. The van der Waals surface area contributed by atoms with E-state index in [2.05, 4.69) is 17.4 Å². The van der Waals surface area contributed by atoms with Crippen molar-refractivity contribution in [3.05, 3.63) is 123 Å². The zero-order chi connectivity index (χ0) is 25.9. The highest BCUT2D eigenvalue weighted by Gasteiger charge is 2.30. The number of phenolic OH excluding ortho intramolecular Hbond substituents is 1. The Morgan fingerprint density at radius 3 is 2.51 bits per heavy atom. The summed E-state index contributed by atoms with van der Waals surface area (Å²) in [4.78, 5) is 12.7. The maximum atomic E-state index is 12.7. The topological polar surface area (TPSA) is 78.8 Å². The lowest BCUT2D eigenvalue weighted by Crippen LogP contribution is -2.24. The fraction of sp³-hybridized carbons (Fsp3) is 0.167. The van der Waals surface area contributed by atoms with Gasteiger partial charge in [-0.2, -0.15) is 0 Å². The third-order valence-electron chi connectivity index (χ3n) is 6.40. The molecule has 0 bridgehead atoms. The monoisotopic (exact) mass is 533 g/mol. The first kappa shape index (κ1) is 25.2. The number of nitrogens with one attached hydrogen (secondary N) is 1. The van der Waals surface area contributed by atoms with Crippen LogP contribution in [-0.2, 0) is 6.42 Å². The Bertz CT molecular complexity index is 1430. The molecular formula is C30H25Cl2NO4. The summed E-state index contributed by atoms with van der Waals surface area (Å²) in [6.45, 7) is 0.606. The summed E-state index contributed by atoms with van der Waals surface area (Å²) in [7, 11) is 0. The molecule has 1 heterocycles. The smallest absolute Gasteiger partial charge is 0.251 e. The van der Waals surface area contributed by atoms with E-state index >= 15 is 0 Å². The Morgan fingerprint density at radius 2 is 1.76 bits per heavy atom. The second kappa shape index (κ2) is 10.9. The van der Waals surface area contributed by atoms with Gasteiger partial charge in [0.05, 0.1) is 10.1 Å². The van der Waals surface area contributed by atoms with Crippen LogP contribution in [0.1, 0.15) is 39.9 Å². The van der Waals surface area contributed by atoms with Crippen LogP contribution < -0.4 is 10.1 Å². The van der Waals surface area contributed by atoms with E-state index < -0.39 is 6.10 Å². The molecule has 1 aliphatic carbocycles. The number of aryl methyl sites for hydroxylation is 1. The molecule has 0 aromatic heterocycles. The first-order valence-corrected chi connectivity index (χ1v) is 12.8. The number of phenols is 1. The van der Waals surface area contributed by atoms with Crippen LogP contribution in [0.2, 0.25) is 5.02 Å². The largest absolute Gasteiger partial charge is 0.506 e. The molecule has 3 aromatic carbocycles. The van der Waals surface area contributed by atoms with Gasteiger partial charge in [0.2, 0.25) is 0 Å². The molecule has 37 heavy (non-hydrogen) atoms. The summed E-state index contributed by atoms with van der Waals surface area (Å²) < 4.78 is 5.95. The molecule has 0 saturated heterocycles. The molecule has 0 fully saturated rings. The maximum absolute atomic E-state index is 12.7. The SMILES string of the molecule is O=C(NCCCCc1ccccc1)c1ccc(C2=C3C=C(Cl)C(O)C=C3Oc3cc(O)c(Cl)cc32)cc1. The van der Waals surface area contributed by atoms with Crippen LogP contribution in [0.4, 0.5) is 0 Å². The van der Waals surface area contributed by atoms with Crippen LogP contribution in [0.3, 0.4) is 0 Å². The van der Waals surface area contributed by atoms with Crippen LogP contribution in [-0.4, -0.2) is 28.8 Å². The molecule has 188 valence electrons. The van der Waals surface area contributed by atoms with Crippen molar-refractivity contribution in [2.45, 2.75) is 25.4 Å². The number of hydrogen-bond donors (Lipinski definition) is 3. The van der Waals surface area contributed by atoms with Crippen LogP contribution in [0.25, 0.3) is 5.57 Å². The van der Waals surface area contributed by atoms with Gasteiger partial charge >= 0.3 is 0 Å². The van der Waals surface area contributed by atoms with Gasteiger partial charge in [-0.1, -0.05) is 65.7 Å². The minimum absolute atomic E-state index is 0.107. The van der Waals surface area contributed by atoms with Crippen LogP contribution in [0.5, 0.6) is 11.5 Å². The first-order chi connectivity index (χ1) is 17.9. The normalized spacial score (nSPS) is 16.2. The lowest BCUT2D eigenvalue weighted by atomic mass is 9.87. The first-order valence-electron chi connectivity index (χ1n) is 12.1. The number of amides is 1. The Hall–Kier alpha value is -3.51. The molecule has 3 aromatic rings. The van der Waals surface area contributed by atoms with Crippen LogP contribution in [0.15, 0.2) is 95.2 Å². The standard InChI is InChI=1S/C30H25Cl2NO4/c31-23-14-21-27(16-25(23)34)37-28-17-26(35)24(32)15-22(28)29(21)19-9-11-20(12-10-19)30(36)33-13-5-4-8-18-6-2-1-3-7-18/h1-3,6-7,9-12,14-17,25,34-35H,4-5,8,13H2,(H,33,36). The van der Waals surface area contributed by atoms with Gasteiger partial charge in [0.1, 0.15) is 23.4 Å². The van der Waals surface area contributed by atoms with Crippen LogP contribution in [0, 0.1) is 0 Å². The summed E-state index contributed by atoms with van der Waals surface area (Å²) in [5.41, 5.74) is 4.78. The fourth-order valence-electron chi connectivity index (χ4n) is 4.48. The number of allylic oxidation sites excluding steroid dienone is 1. The number of ether oxygens (including phenoxy) is 1. The number of benzene rings is 3. The van der Waals surface area contributed by atoms with Gasteiger partial charge in [-0.3, -0.25) is 4.79 Å². The minimum atomic E-state index is -0.983. The number of halogens is 2. The third kappa shape index (κ3) is 5.44. The highest BCUT2D eigenvalue weighted by molar-refractivity contribution is 6.32. The van der Waals surface area contributed by atoms with Crippen molar-refractivity contribution in [1.82, 2.24) is 5.32 Å². The van der Waals surface area contributed by atoms with Gasteiger partial charge in [-0.25, -0.2) is 0 Å². The number of rotatable bonds is 7. The molecule has 0 spiro atoms. The average Bonchev–Trinajstić information content (AvgIpc) is 2.90. The lowest BCUT2D eigenvalue weighted by Gasteiger charge is -2.28. The van der Waals surface area contributed by atoms with Gasteiger partial charge in [0.15, 0.2) is 0 Å². The van der Waals surface area contributed by atoms with E-state index in [1.807, 2.05) is 30.3 Å². The van der Waals surface area contributed by atoms with E-state index in [9.17, 15) is 15.0 Å². The van der Waals surface area contributed by atoms with Crippen molar-refractivity contribution >= 4 is 34.7 Å². The Morgan fingerprint density at radius 1 is 1.00 bits per heavy atom. The zero-order valence-corrected chi connectivity index (χ0v) is 21.4. The van der Waals surface area contributed by atoms with Crippen molar-refractivity contribution in [1.29, 1.82) is 0 Å². The van der Waals surface area contributed by atoms with E-state index in [1.165, 1.54) is 17.7 Å². The summed E-state index contributed by atoms with van der Waals surface area (Å²) in [6, 6.07) is 20.6. The second-order valence-corrected chi connectivity index (χ2v) is 9.82. The van der Waals surface area contributed by atoms with E-state index in [1.54, 1.807) is 24.3 Å². The molecular weight excluding hydrogens is 509 g/mol. The maximum Gasteiger partial charge on any atom is 0.251 e. The summed E-state index contributed by atoms with van der Waals surface area (Å²) in [5.74, 6) is 0.597. The van der Waals surface area contributed by atoms with Crippen LogP contribution >= 0.6 is 23.2 Å². The predicted octanol–water partition coefficient (Wildman–Crippen LogP) is 6.37. The molecule has 1 aliphatic heterocycles. The van der Waals surface area contributed by atoms with Crippen molar-refractivity contribution in [3.63, 3.8) is 0 Å². The highest BCUT2D eigenvalue weighted by Crippen LogP contribution is 2.47. The molecule has 0 radical (unpaired) electrons. The second-order valence-electron chi connectivity index (χ2n) is 8.97. The van der Waals surface area contributed by atoms with E-state index in [0.717, 1.165) is 30.4 Å². The molecule has 5 nitrogen and oxygen atoms in total. The van der Waals surface area contributed by atoms with Gasteiger partial charge in [-0.15, -0.1) is 0 Å². The summed E-state index contributed by atoms with van der Waals surface area (Å²) in [5, 5.41) is 23.7. The number of carbonyl (C=O) groups excluding carboxylic acids is 1. The molecule has 1 amide bonds. The third-order valence-corrected chi connectivity index (χ3v) is 7.04. The molecule has 7 heteroatoms. The number of carbonyl (C=O) groups is 1. The Balaban J connectivity index is 1.34. The Labute approximate surface area is 225 Å². The van der Waals surface area contributed by atoms with Gasteiger partial charge in [-0.05, 0) is 60.7 Å². The molecule has 5 rings (SSSR count). The lowest BCUT2D eigenvalue weighted by molar-refractivity contribution is 0.0953. The molecule has 1 atom stereocenters. The number of hydrogen-bond acceptors (Lipinski definition) is 4.